The van der Waals surface area contributed by atoms with Gasteiger partial charge in [-0.2, -0.15) is 4.39 Å². The SMILES string of the molecule is O=[N+]([O-])c1cc(-c2c(F)c(F)c(F)c(F)c2F)cnc1F. The van der Waals surface area contributed by atoms with Crippen molar-refractivity contribution in [2.24, 2.45) is 0 Å². The molecule has 0 saturated carbocycles. The molecule has 0 unspecified atom stereocenters. The predicted octanol–water partition coefficient (Wildman–Crippen LogP) is 3.49. The van der Waals surface area contributed by atoms with Crippen molar-refractivity contribution in [3.8, 4) is 11.1 Å². The summed E-state index contributed by atoms with van der Waals surface area (Å²) in [5, 5.41) is 10.5. The highest BCUT2D eigenvalue weighted by atomic mass is 19.2. The molecular formula is C11H2F6N2O2. The van der Waals surface area contributed by atoms with E-state index in [0.29, 0.717) is 12.3 Å². The number of aromatic nitrogens is 1. The summed E-state index contributed by atoms with van der Waals surface area (Å²) in [6.45, 7) is 0. The van der Waals surface area contributed by atoms with Crippen molar-refractivity contribution in [1.82, 2.24) is 4.98 Å². The standard InChI is InChI=1S/C11H2F6N2O2/c12-6-5(7(13)9(15)10(16)8(6)14)3-1-4(19(20)21)11(17)18-2-3/h1-2H. The molecule has 0 aliphatic rings. The lowest BCUT2D eigenvalue weighted by Crippen LogP contribution is -2.05. The Kier molecular flexibility index (Phi) is 3.54. The molecule has 0 saturated heterocycles. The molecule has 21 heavy (non-hydrogen) atoms. The largest absolute Gasteiger partial charge is 0.324 e. The predicted molar refractivity (Wildman–Crippen MR) is 56.1 cm³/mol. The molecule has 0 aliphatic carbocycles. The summed E-state index contributed by atoms with van der Waals surface area (Å²) in [5.74, 6) is -12.8. The van der Waals surface area contributed by atoms with Gasteiger partial charge in [-0.1, -0.05) is 0 Å². The van der Waals surface area contributed by atoms with E-state index in [1.54, 1.807) is 0 Å². The van der Waals surface area contributed by atoms with Gasteiger partial charge >= 0.3 is 5.69 Å². The van der Waals surface area contributed by atoms with Crippen LogP contribution in [0.15, 0.2) is 12.3 Å². The molecule has 0 N–H and O–H groups in total. The second-order valence-electron chi connectivity index (χ2n) is 3.74. The quantitative estimate of drug-likeness (QED) is 0.213. The van der Waals surface area contributed by atoms with Gasteiger partial charge in [-0.3, -0.25) is 10.1 Å². The molecule has 0 fully saturated rings. The van der Waals surface area contributed by atoms with Crippen LogP contribution in [0, 0.1) is 45.1 Å². The summed E-state index contributed by atoms with van der Waals surface area (Å²) in [7, 11) is 0. The maximum absolute atomic E-state index is 13.5. The van der Waals surface area contributed by atoms with Crippen LogP contribution in [-0.4, -0.2) is 9.91 Å². The molecule has 2 aromatic rings. The molecule has 0 bridgehead atoms. The Morgan fingerprint density at radius 1 is 0.905 bits per heavy atom. The second-order valence-corrected chi connectivity index (χ2v) is 3.74. The fourth-order valence-corrected chi connectivity index (χ4v) is 1.56. The van der Waals surface area contributed by atoms with Crippen molar-refractivity contribution in [3.63, 3.8) is 0 Å². The van der Waals surface area contributed by atoms with Gasteiger partial charge in [0, 0.05) is 17.8 Å². The zero-order chi connectivity index (χ0) is 15.9. The van der Waals surface area contributed by atoms with E-state index in [0.717, 1.165) is 0 Å². The zero-order valence-corrected chi connectivity index (χ0v) is 9.63. The molecule has 110 valence electrons. The monoisotopic (exact) mass is 308 g/mol. The summed E-state index contributed by atoms with van der Waals surface area (Å²) in [5.41, 5.74) is -3.52. The van der Waals surface area contributed by atoms with Gasteiger partial charge in [-0.15, -0.1) is 0 Å². The first-order valence-corrected chi connectivity index (χ1v) is 5.07. The van der Waals surface area contributed by atoms with Crippen molar-refractivity contribution in [2.45, 2.75) is 0 Å². The van der Waals surface area contributed by atoms with E-state index < -0.39 is 56.8 Å². The minimum absolute atomic E-state index is 0.320. The lowest BCUT2D eigenvalue weighted by atomic mass is 10.0. The van der Waals surface area contributed by atoms with Crippen LogP contribution in [0.4, 0.5) is 32.0 Å². The summed E-state index contributed by atoms with van der Waals surface area (Å²) in [6.07, 6.45) is 0.417. The third kappa shape index (κ3) is 2.28. The minimum atomic E-state index is -2.38. The summed E-state index contributed by atoms with van der Waals surface area (Å²) in [6, 6.07) is 0.320. The second kappa shape index (κ2) is 5.04. The van der Waals surface area contributed by atoms with Crippen LogP contribution >= 0.6 is 0 Å². The maximum Gasteiger partial charge on any atom is 0.324 e. The number of nitrogens with zero attached hydrogens (tertiary/aromatic N) is 2. The van der Waals surface area contributed by atoms with E-state index >= 15 is 0 Å². The molecule has 1 aromatic carbocycles. The van der Waals surface area contributed by atoms with E-state index in [4.69, 9.17) is 0 Å². The fraction of sp³-hybridized carbons (Fsp3) is 0. The smallest absolute Gasteiger partial charge is 0.258 e. The molecule has 4 nitrogen and oxygen atoms in total. The lowest BCUT2D eigenvalue weighted by molar-refractivity contribution is -0.388. The zero-order valence-electron chi connectivity index (χ0n) is 9.63. The number of hydrogen-bond donors (Lipinski definition) is 0. The summed E-state index contributed by atoms with van der Waals surface area (Å²) < 4.78 is 79.0. The van der Waals surface area contributed by atoms with Gasteiger partial charge in [0.1, 0.15) is 0 Å². The van der Waals surface area contributed by atoms with Crippen LogP contribution in [0.25, 0.3) is 11.1 Å². The van der Waals surface area contributed by atoms with Crippen LogP contribution in [0.2, 0.25) is 0 Å². The number of rotatable bonds is 2. The highest BCUT2D eigenvalue weighted by Crippen LogP contribution is 2.33. The molecule has 0 atom stereocenters. The Balaban J connectivity index is 2.80. The molecule has 0 radical (unpaired) electrons. The molecule has 0 amide bonds. The normalized spacial score (nSPS) is 10.8. The topological polar surface area (TPSA) is 56.0 Å². The minimum Gasteiger partial charge on any atom is -0.258 e. The van der Waals surface area contributed by atoms with Gasteiger partial charge in [0.05, 0.1) is 10.5 Å². The van der Waals surface area contributed by atoms with Gasteiger partial charge < -0.3 is 0 Å². The van der Waals surface area contributed by atoms with E-state index in [-0.39, 0.29) is 0 Å². The Morgan fingerprint density at radius 2 is 1.38 bits per heavy atom. The van der Waals surface area contributed by atoms with E-state index in [1.807, 2.05) is 0 Å². The first-order valence-electron chi connectivity index (χ1n) is 5.07. The lowest BCUT2D eigenvalue weighted by Gasteiger charge is -2.08. The Bertz CT molecular complexity index is 736. The molecule has 1 heterocycles. The number of nitro groups is 1. The van der Waals surface area contributed by atoms with Crippen molar-refractivity contribution >= 4 is 5.69 Å². The average Bonchev–Trinajstić information content (AvgIpc) is 2.44. The highest BCUT2D eigenvalue weighted by molar-refractivity contribution is 5.66. The van der Waals surface area contributed by atoms with Gasteiger partial charge in [0.15, 0.2) is 23.3 Å². The first kappa shape index (κ1) is 14.8. The van der Waals surface area contributed by atoms with Crippen LogP contribution in [0.5, 0.6) is 0 Å². The number of halogens is 6. The average molecular weight is 308 g/mol. The van der Waals surface area contributed by atoms with Crippen molar-refractivity contribution in [3.05, 3.63) is 57.4 Å². The van der Waals surface area contributed by atoms with Crippen molar-refractivity contribution in [2.75, 3.05) is 0 Å². The molecular weight excluding hydrogens is 306 g/mol. The third-order valence-corrected chi connectivity index (χ3v) is 2.52. The van der Waals surface area contributed by atoms with E-state index in [9.17, 15) is 36.5 Å². The Morgan fingerprint density at radius 3 is 1.86 bits per heavy atom. The van der Waals surface area contributed by atoms with Crippen LogP contribution in [0.1, 0.15) is 0 Å². The van der Waals surface area contributed by atoms with Gasteiger partial charge in [0.2, 0.25) is 5.82 Å². The Hall–Kier alpha value is -2.65. The molecule has 10 heteroatoms. The van der Waals surface area contributed by atoms with Gasteiger partial charge in [-0.05, 0) is 0 Å². The Labute approximate surface area is 111 Å². The molecule has 2 rings (SSSR count). The van der Waals surface area contributed by atoms with Gasteiger partial charge in [-0.25, -0.2) is 26.9 Å². The highest BCUT2D eigenvalue weighted by Gasteiger charge is 2.28. The van der Waals surface area contributed by atoms with E-state index in [2.05, 4.69) is 4.98 Å². The maximum atomic E-state index is 13.5. The van der Waals surface area contributed by atoms with Crippen LogP contribution in [-0.2, 0) is 0 Å². The number of hydrogen-bond acceptors (Lipinski definition) is 3. The number of benzene rings is 1. The first-order chi connectivity index (χ1) is 9.75. The molecule has 0 aliphatic heterocycles. The summed E-state index contributed by atoms with van der Waals surface area (Å²) >= 11 is 0. The number of pyridine rings is 1. The van der Waals surface area contributed by atoms with Gasteiger partial charge in [0.25, 0.3) is 5.95 Å². The molecule has 1 aromatic heterocycles. The van der Waals surface area contributed by atoms with E-state index in [1.165, 1.54) is 0 Å². The van der Waals surface area contributed by atoms with Crippen LogP contribution in [0.3, 0.4) is 0 Å². The third-order valence-electron chi connectivity index (χ3n) is 2.52. The van der Waals surface area contributed by atoms with Crippen LogP contribution < -0.4 is 0 Å². The molecule has 0 spiro atoms. The summed E-state index contributed by atoms with van der Waals surface area (Å²) in [4.78, 5) is 12.1. The fourth-order valence-electron chi connectivity index (χ4n) is 1.56. The van der Waals surface area contributed by atoms with Crippen molar-refractivity contribution in [1.29, 1.82) is 0 Å². The van der Waals surface area contributed by atoms with Crippen molar-refractivity contribution < 1.29 is 31.3 Å².